The summed E-state index contributed by atoms with van der Waals surface area (Å²) >= 11 is 0. The van der Waals surface area contributed by atoms with Crippen molar-refractivity contribution in [2.75, 3.05) is 18.4 Å². The number of nitrogens with one attached hydrogen (secondary N) is 2. The van der Waals surface area contributed by atoms with Crippen LogP contribution >= 0.6 is 0 Å². The van der Waals surface area contributed by atoms with Crippen LogP contribution in [0.1, 0.15) is 30.3 Å². The summed E-state index contributed by atoms with van der Waals surface area (Å²) < 4.78 is 0. The van der Waals surface area contributed by atoms with Gasteiger partial charge in [-0.05, 0) is 12.5 Å². The van der Waals surface area contributed by atoms with Gasteiger partial charge in [-0.2, -0.15) is 0 Å². The van der Waals surface area contributed by atoms with Crippen LogP contribution in [0.15, 0.2) is 24.9 Å². The van der Waals surface area contributed by atoms with Crippen LogP contribution < -0.4 is 10.6 Å². The fourth-order valence-electron chi connectivity index (χ4n) is 1.20. The molecule has 0 radical (unpaired) electrons. The maximum atomic E-state index is 11.6. The number of unbranched alkanes of at least 4 members (excludes halogenated alkanes) is 1. The van der Waals surface area contributed by atoms with E-state index in [1.54, 1.807) is 18.3 Å². The van der Waals surface area contributed by atoms with Gasteiger partial charge in [-0.1, -0.05) is 19.4 Å². The third-order valence-electron chi connectivity index (χ3n) is 2.11. The van der Waals surface area contributed by atoms with Gasteiger partial charge in [-0.3, -0.25) is 4.79 Å². The Bertz CT molecular complexity index is 379. The molecule has 1 amide bonds. The van der Waals surface area contributed by atoms with Crippen molar-refractivity contribution in [2.24, 2.45) is 0 Å². The number of aromatic nitrogens is 2. The minimum atomic E-state index is -0.217. The van der Waals surface area contributed by atoms with E-state index in [4.69, 9.17) is 0 Å². The third-order valence-corrected chi connectivity index (χ3v) is 2.11. The number of amides is 1. The van der Waals surface area contributed by atoms with Crippen LogP contribution in [0.25, 0.3) is 0 Å². The molecular formula is C12H18N4O. The SMILES string of the molecule is C=CCNC(=O)c1ccnc(NCCCC)n1. The molecule has 1 aromatic rings. The van der Waals surface area contributed by atoms with E-state index in [2.05, 4.69) is 34.1 Å². The molecule has 0 aromatic carbocycles. The van der Waals surface area contributed by atoms with E-state index in [-0.39, 0.29) is 5.91 Å². The molecule has 0 aliphatic heterocycles. The molecule has 0 unspecified atom stereocenters. The average Bonchev–Trinajstić information content (AvgIpc) is 2.36. The number of rotatable bonds is 7. The lowest BCUT2D eigenvalue weighted by molar-refractivity contribution is 0.0953. The van der Waals surface area contributed by atoms with Crippen molar-refractivity contribution in [3.63, 3.8) is 0 Å². The molecule has 1 aromatic heterocycles. The van der Waals surface area contributed by atoms with Gasteiger partial charge in [0.25, 0.3) is 5.91 Å². The van der Waals surface area contributed by atoms with Gasteiger partial charge in [-0.25, -0.2) is 9.97 Å². The second kappa shape index (κ2) is 7.38. The molecule has 5 heteroatoms. The summed E-state index contributed by atoms with van der Waals surface area (Å²) in [5.74, 6) is 0.274. The van der Waals surface area contributed by atoms with E-state index >= 15 is 0 Å². The Balaban J connectivity index is 2.58. The highest BCUT2D eigenvalue weighted by atomic mass is 16.1. The highest BCUT2D eigenvalue weighted by Gasteiger charge is 2.06. The number of carbonyl (C=O) groups is 1. The predicted octanol–water partition coefficient (Wildman–Crippen LogP) is 1.60. The van der Waals surface area contributed by atoms with Gasteiger partial charge in [0.15, 0.2) is 0 Å². The first-order valence-electron chi connectivity index (χ1n) is 5.74. The van der Waals surface area contributed by atoms with Crippen LogP contribution in [-0.2, 0) is 0 Å². The summed E-state index contributed by atoms with van der Waals surface area (Å²) in [4.78, 5) is 19.8. The lowest BCUT2D eigenvalue weighted by Crippen LogP contribution is -2.24. The number of hydrogen-bond donors (Lipinski definition) is 2. The Kier molecular flexibility index (Phi) is 5.71. The first-order valence-corrected chi connectivity index (χ1v) is 5.74. The molecule has 1 rings (SSSR count). The fourth-order valence-corrected chi connectivity index (χ4v) is 1.20. The van der Waals surface area contributed by atoms with Crippen molar-refractivity contribution in [3.05, 3.63) is 30.6 Å². The summed E-state index contributed by atoms with van der Waals surface area (Å²) in [6.45, 7) is 6.89. The van der Waals surface area contributed by atoms with Gasteiger partial charge in [0.2, 0.25) is 5.95 Å². The summed E-state index contributed by atoms with van der Waals surface area (Å²) in [5, 5.41) is 5.74. The Morgan fingerprint density at radius 2 is 2.41 bits per heavy atom. The number of carbonyl (C=O) groups excluding carboxylic acids is 1. The molecule has 0 spiro atoms. The van der Waals surface area contributed by atoms with Gasteiger partial charge in [0.05, 0.1) is 0 Å². The number of nitrogens with zero attached hydrogens (tertiary/aromatic N) is 2. The molecule has 2 N–H and O–H groups in total. The summed E-state index contributed by atoms with van der Waals surface area (Å²) in [6, 6.07) is 1.59. The predicted molar refractivity (Wildman–Crippen MR) is 68.0 cm³/mol. The van der Waals surface area contributed by atoms with Crippen molar-refractivity contribution in [3.8, 4) is 0 Å². The van der Waals surface area contributed by atoms with Crippen molar-refractivity contribution in [1.82, 2.24) is 15.3 Å². The molecule has 0 fully saturated rings. The zero-order chi connectivity index (χ0) is 12.5. The molecule has 0 aliphatic rings. The van der Waals surface area contributed by atoms with Gasteiger partial charge >= 0.3 is 0 Å². The molecular weight excluding hydrogens is 216 g/mol. The fraction of sp³-hybridized carbons (Fsp3) is 0.417. The van der Waals surface area contributed by atoms with Gasteiger partial charge in [-0.15, -0.1) is 6.58 Å². The molecule has 5 nitrogen and oxygen atoms in total. The highest BCUT2D eigenvalue weighted by molar-refractivity contribution is 5.92. The molecule has 0 atom stereocenters. The first-order chi connectivity index (χ1) is 8.27. The monoisotopic (exact) mass is 234 g/mol. The Morgan fingerprint density at radius 3 is 3.12 bits per heavy atom. The summed E-state index contributed by atoms with van der Waals surface area (Å²) in [5.41, 5.74) is 0.362. The van der Waals surface area contributed by atoms with Crippen LogP contribution in [-0.4, -0.2) is 29.0 Å². The molecule has 0 bridgehead atoms. The second-order valence-corrected chi connectivity index (χ2v) is 3.54. The Hall–Kier alpha value is -1.91. The van der Waals surface area contributed by atoms with E-state index in [9.17, 15) is 4.79 Å². The van der Waals surface area contributed by atoms with Crippen LogP contribution in [0.3, 0.4) is 0 Å². The lowest BCUT2D eigenvalue weighted by atomic mass is 10.3. The smallest absolute Gasteiger partial charge is 0.270 e. The molecule has 0 saturated carbocycles. The molecule has 1 heterocycles. The summed E-state index contributed by atoms with van der Waals surface area (Å²) in [7, 11) is 0. The van der Waals surface area contributed by atoms with Crippen molar-refractivity contribution < 1.29 is 4.79 Å². The van der Waals surface area contributed by atoms with E-state index in [0.29, 0.717) is 18.2 Å². The van der Waals surface area contributed by atoms with Gasteiger partial charge in [0, 0.05) is 19.3 Å². The number of anilines is 1. The molecule has 92 valence electrons. The summed E-state index contributed by atoms with van der Waals surface area (Å²) in [6.07, 6.45) is 5.35. The first kappa shape index (κ1) is 13.2. The van der Waals surface area contributed by atoms with Crippen LogP contribution in [0.4, 0.5) is 5.95 Å². The van der Waals surface area contributed by atoms with E-state index < -0.39 is 0 Å². The minimum Gasteiger partial charge on any atom is -0.354 e. The molecule has 17 heavy (non-hydrogen) atoms. The average molecular weight is 234 g/mol. The van der Waals surface area contributed by atoms with Gasteiger partial charge < -0.3 is 10.6 Å². The number of hydrogen-bond acceptors (Lipinski definition) is 4. The largest absolute Gasteiger partial charge is 0.354 e. The van der Waals surface area contributed by atoms with Gasteiger partial charge in [0.1, 0.15) is 5.69 Å². The lowest BCUT2D eigenvalue weighted by Gasteiger charge is -2.05. The zero-order valence-electron chi connectivity index (χ0n) is 10.1. The standard InChI is InChI=1S/C12H18N4O/c1-3-5-8-14-12-15-9-6-10(16-12)11(17)13-7-4-2/h4,6,9H,2-3,5,7-8H2,1H3,(H,13,17)(H,14,15,16). The van der Waals surface area contributed by atoms with E-state index in [0.717, 1.165) is 19.4 Å². The third kappa shape index (κ3) is 4.63. The van der Waals surface area contributed by atoms with Crippen LogP contribution in [0, 0.1) is 0 Å². The van der Waals surface area contributed by atoms with Crippen LogP contribution in [0.5, 0.6) is 0 Å². The minimum absolute atomic E-state index is 0.217. The van der Waals surface area contributed by atoms with E-state index in [1.807, 2.05) is 0 Å². The topological polar surface area (TPSA) is 66.9 Å². The van der Waals surface area contributed by atoms with Crippen LogP contribution in [0.2, 0.25) is 0 Å². The van der Waals surface area contributed by atoms with Crippen molar-refractivity contribution in [2.45, 2.75) is 19.8 Å². The Morgan fingerprint density at radius 1 is 1.59 bits per heavy atom. The maximum Gasteiger partial charge on any atom is 0.270 e. The molecule has 0 saturated heterocycles. The Labute approximate surface area is 101 Å². The zero-order valence-corrected chi connectivity index (χ0v) is 10.1. The van der Waals surface area contributed by atoms with E-state index in [1.165, 1.54) is 0 Å². The normalized spacial score (nSPS) is 9.71. The van der Waals surface area contributed by atoms with Crippen molar-refractivity contribution >= 4 is 11.9 Å². The second-order valence-electron chi connectivity index (χ2n) is 3.54. The molecule has 0 aliphatic carbocycles. The maximum absolute atomic E-state index is 11.6. The van der Waals surface area contributed by atoms with Crippen molar-refractivity contribution in [1.29, 1.82) is 0 Å². The highest BCUT2D eigenvalue weighted by Crippen LogP contribution is 2.01. The quantitative estimate of drug-likeness (QED) is 0.555.